The fourth-order valence-corrected chi connectivity index (χ4v) is 2.21. The number of aliphatic hydroxyl groups excluding tert-OH is 1. The SMILES string of the molecule is Cc1cc(F)ccc1Oc1cc(CO)nc2ccccc12. The first-order valence-corrected chi connectivity index (χ1v) is 6.61. The maximum absolute atomic E-state index is 13.2. The normalized spacial score (nSPS) is 10.8. The van der Waals surface area contributed by atoms with Crippen LogP contribution in [0.5, 0.6) is 11.5 Å². The van der Waals surface area contributed by atoms with Gasteiger partial charge in [-0.05, 0) is 42.8 Å². The Hall–Kier alpha value is -2.46. The van der Waals surface area contributed by atoms with Crippen LogP contribution in [0.3, 0.4) is 0 Å². The van der Waals surface area contributed by atoms with Crippen molar-refractivity contribution in [3.63, 3.8) is 0 Å². The molecule has 0 spiro atoms. The quantitative estimate of drug-likeness (QED) is 0.791. The molecular formula is C17H14FNO2. The van der Waals surface area contributed by atoms with Crippen molar-refractivity contribution in [1.29, 1.82) is 0 Å². The highest BCUT2D eigenvalue weighted by Gasteiger charge is 2.09. The van der Waals surface area contributed by atoms with Crippen molar-refractivity contribution in [3.05, 3.63) is 65.6 Å². The van der Waals surface area contributed by atoms with Gasteiger partial charge in [0.25, 0.3) is 0 Å². The molecule has 4 heteroatoms. The lowest BCUT2D eigenvalue weighted by atomic mass is 10.1. The van der Waals surface area contributed by atoms with Crippen LogP contribution in [0.25, 0.3) is 10.9 Å². The predicted molar refractivity (Wildman–Crippen MR) is 78.9 cm³/mol. The van der Waals surface area contributed by atoms with Crippen molar-refractivity contribution in [2.75, 3.05) is 0 Å². The van der Waals surface area contributed by atoms with Crippen LogP contribution in [0.2, 0.25) is 0 Å². The fourth-order valence-electron chi connectivity index (χ4n) is 2.21. The van der Waals surface area contributed by atoms with Crippen LogP contribution in [-0.4, -0.2) is 10.1 Å². The molecule has 3 nitrogen and oxygen atoms in total. The Balaban J connectivity index is 2.10. The van der Waals surface area contributed by atoms with Crippen molar-refractivity contribution in [1.82, 2.24) is 4.98 Å². The smallest absolute Gasteiger partial charge is 0.138 e. The Morgan fingerprint density at radius 3 is 2.67 bits per heavy atom. The fraction of sp³-hybridized carbons (Fsp3) is 0.118. The minimum Gasteiger partial charge on any atom is -0.456 e. The number of hydrogen-bond donors (Lipinski definition) is 1. The Morgan fingerprint density at radius 2 is 1.90 bits per heavy atom. The zero-order valence-corrected chi connectivity index (χ0v) is 11.5. The first-order chi connectivity index (χ1) is 10.2. The molecule has 106 valence electrons. The van der Waals surface area contributed by atoms with Gasteiger partial charge < -0.3 is 9.84 Å². The second kappa shape index (κ2) is 5.50. The standard InChI is InChI=1S/C17H14FNO2/c1-11-8-12(18)6-7-16(11)21-17-9-13(10-20)19-15-5-3-2-4-14(15)17/h2-9,20H,10H2,1H3. The summed E-state index contributed by atoms with van der Waals surface area (Å²) in [7, 11) is 0. The maximum Gasteiger partial charge on any atom is 0.138 e. The van der Waals surface area contributed by atoms with Crippen LogP contribution in [0.1, 0.15) is 11.3 Å². The molecule has 0 aliphatic heterocycles. The number of aliphatic hydroxyl groups is 1. The first kappa shape index (κ1) is 13.5. The number of halogens is 1. The number of ether oxygens (including phenoxy) is 1. The molecule has 0 fully saturated rings. The molecule has 0 saturated heterocycles. The summed E-state index contributed by atoms with van der Waals surface area (Å²) in [5.74, 6) is 0.881. The molecule has 0 saturated carbocycles. The van der Waals surface area contributed by atoms with Gasteiger partial charge in [-0.2, -0.15) is 0 Å². The topological polar surface area (TPSA) is 42.4 Å². The lowest BCUT2D eigenvalue weighted by molar-refractivity contribution is 0.276. The summed E-state index contributed by atoms with van der Waals surface area (Å²) in [4.78, 5) is 4.34. The summed E-state index contributed by atoms with van der Waals surface area (Å²) in [6.07, 6.45) is 0. The minimum atomic E-state index is -0.296. The molecule has 0 unspecified atom stereocenters. The summed E-state index contributed by atoms with van der Waals surface area (Å²) in [5.41, 5.74) is 1.99. The van der Waals surface area contributed by atoms with E-state index in [0.717, 1.165) is 10.9 Å². The van der Waals surface area contributed by atoms with E-state index in [4.69, 9.17) is 4.74 Å². The first-order valence-electron chi connectivity index (χ1n) is 6.61. The third-order valence-electron chi connectivity index (χ3n) is 3.25. The average Bonchev–Trinajstić information content (AvgIpc) is 2.49. The number of para-hydroxylation sites is 1. The molecular weight excluding hydrogens is 269 g/mol. The summed E-state index contributed by atoms with van der Waals surface area (Å²) >= 11 is 0. The summed E-state index contributed by atoms with van der Waals surface area (Å²) in [5, 5.41) is 10.2. The Morgan fingerprint density at radius 1 is 1.10 bits per heavy atom. The average molecular weight is 283 g/mol. The van der Waals surface area contributed by atoms with Crippen LogP contribution in [0.4, 0.5) is 4.39 Å². The number of benzene rings is 2. The summed E-state index contributed by atoms with van der Waals surface area (Å²) < 4.78 is 19.1. The van der Waals surface area contributed by atoms with E-state index in [2.05, 4.69) is 4.98 Å². The number of aryl methyl sites for hydroxylation is 1. The van der Waals surface area contributed by atoms with Crippen LogP contribution in [-0.2, 0) is 6.61 Å². The lowest BCUT2D eigenvalue weighted by Crippen LogP contribution is -1.95. The van der Waals surface area contributed by atoms with Gasteiger partial charge in [-0.25, -0.2) is 4.39 Å². The van der Waals surface area contributed by atoms with Crippen molar-refractivity contribution in [2.24, 2.45) is 0 Å². The molecule has 3 aromatic rings. The minimum absolute atomic E-state index is 0.163. The van der Waals surface area contributed by atoms with Crippen LogP contribution in [0.15, 0.2) is 48.5 Å². The van der Waals surface area contributed by atoms with E-state index in [1.165, 1.54) is 12.1 Å². The van der Waals surface area contributed by atoms with Crippen LogP contribution >= 0.6 is 0 Å². The molecule has 1 heterocycles. The van der Waals surface area contributed by atoms with E-state index in [9.17, 15) is 9.50 Å². The number of fused-ring (bicyclic) bond motifs is 1. The molecule has 0 atom stereocenters. The second-order valence-electron chi connectivity index (χ2n) is 4.80. The molecule has 3 rings (SSSR count). The van der Waals surface area contributed by atoms with E-state index < -0.39 is 0 Å². The van der Waals surface area contributed by atoms with Gasteiger partial charge in [0.05, 0.1) is 17.8 Å². The monoisotopic (exact) mass is 283 g/mol. The molecule has 1 aromatic heterocycles. The van der Waals surface area contributed by atoms with Gasteiger partial charge in [0.15, 0.2) is 0 Å². The lowest BCUT2D eigenvalue weighted by Gasteiger charge is -2.12. The van der Waals surface area contributed by atoms with Gasteiger partial charge in [0, 0.05) is 11.5 Å². The summed E-state index contributed by atoms with van der Waals surface area (Å²) in [6.45, 7) is 1.62. The molecule has 0 amide bonds. The highest BCUT2D eigenvalue weighted by molar-refractivity contribution is 5.85. The number of rotatable bonds is 3. The van der Waals surface area contributed by atoms with E-state index in [-0.39, 0.29) is 12.4 Å². The van der Waals surface area contributed by atoms with E-state index >= 15 is 0 Å². The van der Waals surface area contributed by atoms with Crippen molar-refractivity contribution in [3.8, 4) is 11.5 Å². The number of nitrogens with zero attached hydrogens (tertiary/aromatic N) is 1. The second-order valence-corrected chi connectivity index (χ2v) is 4.80. The van der Waals surface area contributed by atoms with Gasteiger partial charge in [-0.3, -0.25) is 4.98 Å². The predicted octanol–water partition coefficient (Wildman–Crippen LogP) is 3.97. The van der Waals surface area contributed by atoms with Crippen LogP contribution in [0, 0.1) is 12.7 Å². The highest BCUT2D eigenvalue weighted by atomic mass is 19.1. The van der Waals surface area contributed by atoms with Gasteiger partial charge in [0.1, 0.15) is 17.3 Å². The summed E-state index contributed by atoms with van der Waals surface area (Å²) in [6, 6.07) is 13.6. The molecule has 0 aliphatic carbocycles. The van der Waals surface area contributed by atoms with Crippen molar-refractivity contribution in [2.45, 2.75) is 13.5 Å². The van der Waals surface area contributed by atoms with Gasteiger partial charge >= 0.3 is 0 Å². The number of pyridine rings is 1. The third kappa shape index (κ3) is 2.71. The van der Waals surface area contributed by atoms with E-state index in [0.29, 0.717) is 22.8 Å². The van der Waals surface area contributed by atoms with Crippen LogP contribution < -0.4 is 4.74 Å². The van der Waals surface area contributed by atoms with Gasteiger partial charge in [-0.15, -0.1) is 0 Å². The number of hydrogen-bond acceptors (Lipinski definition) is 3. The molecule has 2 aromatic carbocycles. The Kier molecular flexibility index (Phi) is 3.54. The molecule has 0 bridgehead atoms. The molecule has 21 heavy (non-hydrogen) atoms. The Labute approximate surface area is 121 Å². The maximum atomic E-state index is 13.2. The van der Waals surface area contributed by atoms with Gasteiger partial charge in [0.2, 0.25) is 0 Å². The van der Waals surface area contributed by atoms with Crippen molar-refractivity contribution >= 4 is 10.9 Å². The van der Waals surface area contributed by atoms with E-state index in [1.54, 1.807) is 19.1 Å². The number of aromatic nitrogens is 1. The van der Waals surface area contributed by atoms with E-state index in [1.807, 2.05) is 24.3 Å². The zero-order valence-electron chi connectivity index (χ0n) is 11.5. The largest absolute Gasteiger partial charge is 0.456 e. The molecule has 0 radical (unpaired) electrons. The zero-order chi connectivity index (χ0) is 14.8. The van der Waals surface area contributed by atoms with Gasteiger partial charge in [-0.1, -0.05) is 12.1 Å². The Bertz CT molecular complexity index is 802. The highest BCUT2D eigenvalue weighted by Crippen LogP contribution is 2.31. The third-order valence-corrected chi connectivity index (χ3v) is 3.25. The molecule has 1 N–H and O–H groups in total. The van der Waals surface area contributed by atoms with Crippen molar-refractivity contribution < 1.29 is 14.2 Å². The molecule has 0 aliphatic rings.